The predicted octanol–water partition coefficient (Wildman–Crippen LogP) is 4.75. The summed E-state index contributed by atoms with van der Waals surface area (Å²) in [7, 11) is 1.86. The first-order valence-corrected chi connectivity index (χ1v) is 8.87. The summed E-state index contributed by atoms with van der Waals surface area (Å²) in [5.74, 6) is 0.400. The molecule has 6 heteroatoms. The van der Waals surface area contributed by atoms with Gasteiger partial charge in [-0.1, -0.05) is 23.7 Å². The Morgan fingerprint density at radius 3 is 2.67 bits per heavy atom. The molecule has 110 valence electrons. The number of thioether (sulfide) groups is 1. The van der Waals surface area contributed by atoms with E-state index in [0.717, 1.165) is 19.8 Å². The van der Waals surface area contributed by atoms with E-state index in [-0.39, 0.29) is 0 Å². The molecule has 0 amide bonds. The molecular formula is C15H15ClIN3S. The molecule has 0 bridgehead atoms. The molecule has 0 unspecified atom stereocenters. The van der Waals surface area contributed by atoms with Crippen LogP contribution in [0.3, 0.4) is 0 Å². The minimum Gasteiger partial charge on any atom is -0.369 e. The van der Waals surface area contributed by atoms with Crippen LogP contribution in [-0.4, -0.2) is 19.3 Å². The number of benzene rings is 2. The van der Waals surface area contributed by atoms with Gasteiger partial charge in [-0.2, -0.15) is 0 Å². The van der Waals surface area contributed by atoms with E-state index < -0.39 is 0 Å². The van der Waals surface area contributed by atoms with Crippen LogP contribution in [0.25, 0.3) is 0 Å². The average molecular weight is 432 g/mol. The molecule has 2 rings (SSSR count). The van der Waals surface area contributed by atoms with Crippen molar-refractivity contribution < 1.29 is 0 Å². The van der Waals surface area contributed by atoms with Gasteiger partial charge in [-0.15, -0.1) is 11.8 Å². The zero-order valence-corrected chi connectivity index (χ0v) is 15.4. The van der Waals surface area contributed by atoms with Crippen LogP contribution in [0, 0.1) is 3.57 Å². The second kappa shape index (κ2) is 7.38. The third-order valence-electron chi connectivity index (χ3n) is 2.92. The van der Waals surface area contributed by atoms with Gasteiger partial charge in [-0.25, -0.2) is 4.99 Å². The van der Waals surface area contributed by atoms with E-state index >= 15 is 0 Å². The minimum atomic E-state index is 0.400. The number of hydrogen-bond acceptors (Lipinski definition) is 2. The van der Waals surface area contributed by atoms with Crippen molar-refractivity contribution in [3.8, 4) is 0 Å². The van der Waals surface area contributed by atoms with Crippen LogP contribution in [0.4, 0.5) is 11.4 Å². The molecule has 0 saturated heterocycles. The maximum Gasteiger partial charge on any atom is 0.200 e. The summed E-state index contributed by atoms with van der Waals surface area (Å²) in [6, 6.07) is 13.7. The van der Waals surface area contributed by atoms with Crippen molar-refractivity contribution in [1.29, 1.82) is 0 Å². The molecule has 0 saturated carbocycles. The van der Waals surface area contributed by atoms with Crippen molar-refractivity contribution in [2.24, 2.45) is 10.7 Å². The van der Waals surface area contributed by atoms with Crippen molar-refractivity contribution >= 4 is 63.3 Å². The van der Waals surface area contributed by atoms with Crippen molar-refractivity contribution in [2.45, 2.75) is 4.90 Å². The zero-order valence-electron chi connectivity index (χ0n) is 11.7. The Hall–Kier alpha value is -0.920. The Kier molecular flexibility index (Phi) is 5.78. The van der Waals surface area contributed by atoms with Gasteiger partial charge >= 0.3 is 0 Å². The summed E-state index contributed by atoms with van der Waals surface area (Å²) < 4.78 is 1.12. The molecular weight excluding hydrogens is 417 g/mol. The fraction of sp³-hybridized carbons (Fsp3) is 0.133. The topological polar surface area (TPSA) is 41.6 Å². The SMILES string of the molecule is CSc1cccc(N(C)C(N)=Nc2cccc(I)c2)c1Cl. The van der Waals surface area contributed by atoms with Gasteiger partial charge in [-0.3, -0.25) is 0 Å². The lowest BCUT2D eigenvalue weighted by molar-refractivity contribution is 1.20. The molecule has 0 radical (unpaired) electrons. The van der Waals surface area contributed by atoms with Crippen molar-refractivity contribution in [3.63, 3.8) is 0 Å². The predicted molar refractivity (Wildman–Crippen MR) is 102 cm³/mol. The summed E-state index contributed by atoms with van der Waals surface area (Å²) in [5, 5.41) is 0.688. The third kappa shape index (κ3) is 4.05. The van der Waals surface area contributed by atoms with E-state index in [1.807, 2.05) is 55.8 Å². The molecule has 2 aromatic carbocycles. The van der Waals surface area contributed by atoms with Crippen molar-refractivity contribution in [2.75, 3.05) is 18.2 Å². The monoisotopic (exact) mass is 431 g/mol. The third-order valence-corrected chi connectivity index (χ3v) is 4.88. The highest BCUT2D eigenvalue weighted by atomic mass is 127. The molecule has 21 heavy (non-hydrogen) atoms. The van der Waals surface area contributed by atoms with Gasteiger partial charge in [0.1, 0.15) is 0 Å². The first kappa shape index (κ1) is 16.5. The van der Waals surface area contributed by atoms with Crippen LogP contribution in [0.2, 0.25) is 5.02 Å². The van der Waals surface area contributed by atoms with Gasteiger partial charge in [0.25, 0.3) is 0 Å². The lowest BCUT2D eigenvalue weighted by atomic mass is 10.3. The molecule has 0 aliphatic carbocycles. The van der Waals surface area contributed by atoms with Crippen LogP contribution >= 0.6 is 46.0 Å². The van der Waals surface area contributed by atoms with E-state index in [2.05, 4.69) is 27.6 Å². The Bertz CT molecular complexity index is 676. The molecule has 0 heterocycles. The average Bonchev–Trinajstić information content (AvgIpc) is 2.47. The quantitative estimate of drug-likeness (QED) is 0.330. The van der Waals surface area contributed by atoms with E-state index in [0.29, 0.717) is 11.0 Å². The highest BCUT2D eigenvalue weighted by Crippen LogP contribution is 2.33. The van der Waals surface area contributed by atoms with Crippen LogP contribution in [0.1, 0.15) is 0 Å². The number of nitrogens with zero attached hydrogens (tertiary/aromatic N) is 2. The largest absolute Gasteiger partial charge is 0.369 e. The van der Waals surface area contributed by atoms with E-state index in [4.69, 9.17) is 17.3 Å². The molecule has 0 spiro atoms. The number of aliphatic imine (C=N–C) groups is 1. The number of hydrogen-bond donors (Lipinski definition) is 1. The van der Waals surface area contributed by atoms with Crippen molar-refractivity contribution in [1.82, 2.24) is 0 Å². The van der Waals surface area contributed by atoms with E-state index in [1.54, 1.807) is 16.7 Å². The zero-order chi connectivity index (χ0) is 15.4. The second-order valence-corrected chi connectivity index (χ2v) is 6.77. The van der Waals surface area contributed by atoms with Gasteiger partial charge in [0.05, 0.1) is 16.4 Å². The normalized spacial score (nSPS) is 11.5. The molecule has 0 atom stereocenters. The summed E-state index contributed by atoms with van der Waals surface area (Å²) in [5.41, 5.74) is 7.77. The number of nitrogens with two attached hydrogens (primary N) is 1. The lowest BCUT2D eigenvalue weighted by Gasteiger charge is -2.20. The first-order valence-electron chi connectivity index (χ1n) is 6.19. The Balaban J connectivity index is 2.33. The molecule has 3 nitrogen and oxygen atoms in total. The Morgan fingerprint density at radius 1 is 1.29 bits per heavy atom. The lowest BCUT2D eigenvalue weighted by Crippen LogP contribution is -2.33. The summed E-state index contributed by atoms with van der Waals surface area (Å²) in [6.07, 6.45) is 1.99. The molecule has 2 N–H and O–H groups in total. The Labute approximate surface area is 147 Å². The maximum atomic E-state index is 6.40. The molecule has 2 aromatic rings. The van der Waals surface area contributed by atoms with Gasteiger partial charge in [0.2, 0.25) is 5.96 Å². The first-order chi connectivity index (χ1) is 10.0. The molecule has 0 aromatic heterocycles. The van der Waals surface area contributed by atoms with Gasteiger partial charge in [0.15, 0.2) is 0 Å². The van der Waals surface area contributed by atoms with Crippen LogP contribution in [-0.2, 0) is 0 Å². The molecule has 0 aliphatic rings. The molecule has 0 aliphatic heterocycles. The van der Waals surface area contributed by atoms with Crippen LogP contribution < -0.4 is 10.6 Å². The summed E-state index contributed by atoms with van der Waals surface area (Å²) in [6.45, 7) is 0. The fourth-order valence-electron chi connectivity index (χ4n) is 1.79. The maximum absolute atomic E-state index is 6.40. The van der Waals surface area contributed by atoms with Gasteiger partial charge in [-0.05, 0) is 59.2 Å². The summed E-state index contributed by atoms with van der Waals surface area (Å²) in [4.78, 5) is 7.25. The molecule has 0 fully saturated rings. The fourth-order valence-corrected chi connectivity index (χ4v) is 3.30. The van der Waals surface area contributed by atoms with Gasteiger partial charge < -0.3 is 10.6 Å². The number of anilines is 1. The highest BCUT2D eigenvalue weighted by Gasteiger charge is 2.12. The minimum absolute atomic E-state index is 0.400. The standard InChI is InChI=1S/C15H15ClIN3S/c1-20(12-7-4-8-13(21-2)14(12)16)15(18)19-11-6-3-5-10(17)9-11/h3-9H,1-2H3,(H2,18,19). The smallest absolute Gasteiger partial charge is 0.200 e. The van der Waals surface area contributed by atoms with Crippen LogP contribution in [0.5, 0.6) is 0 Å². The number of guanidine groups is 1. The second-order valence-electron chi connectivity index (χ2n) is 4.30. The van der Waals surface area contributed by atoms with Gasteiger partial charge in [0, 0.05) is 15.5 Å². The number of halogens is 2. The van der Waals surface area contributed by atoms with Crippen molar-refractivity contribution in [3.05, 3.63) is 51.1 Å². The summed E-state index contributed by atoms with van der Waals surface area (Å²) >= 11 is 10.3. The Morgan fingerprint density at radius 2 is 2.00 bits per heavy atom. The highest BCUT2D eigenvalue weighted by molar-refractivity contribution is 14.1. The van der Waals surface area contributed by atoms with Crippen LogP contribution in [0.15, 0.2) is 52.4 Å². The van der Waals surface area contributed by atoms with E-state index in [1.165, 1.54) is 0 Å². The van der Waals surface area contributed by atoms with E-state index in [9.17, 15) is 0 Å². The number of rotatable bonds is 3.